The molecule has 0 aliphatic carbocycles. The predicted molar refractivity (Wildman–Crippen MR) is 104 cm³/mol. The standard InChI is InChI=1S/C21H31N3O3/c1-5-27-11-10-19(25)23-12-16-13-24(21(26)22(3)4)20(18(16)14-23)17-9-7-6-8-15(17)2/h6-9,16,18,20H,5,10-14H2,1-4H3/t16-,18-,20+/m1/s1. The number of carbonyl (C=O) groups is 2. The van der Waals surface area contributed by atoms with Gasteiger partial charge in [-0.3, -0.25) is 4.79 Å². The van der Waals surface area contributed by atoms with E-state index >= 15 is 0 Å². The van der Waals surface area contributed by atoms with Gasteiger partial charge in [0.05, 0.1) is 19.1 Å². The largest absolute Gasteiger partial charge is 0.381 e. The molecule has 2 saturated heterocycles. The lowest BCUT2D eigenvalue weighted by Crippen LogP contribution is -2.42. The number of rotatable bonds is 5. The molecule has 3 rings (SSSR count). The van der Waals surface area contributed by atoms with Crippen LogP contribution in [0, 0.1) is 18.8 Å². The Hall–Kier alpha value is -2.08. The van der Waals surface area contributed by atoms with Crippen LogP contribution in [0.15, 0.2) is 24.3 Å². The Morgan fingerprint density at radius 2 is 1.93 bits per heavy atom. The molecular weight excluding hydrogens is 342 g/mol. The molecule has 0 bridgehead atoms. The lowest BCUT2D eigenvalue weighted by atomic mass is 9.88. The highest BCUT2D eigenvalue weighted by Crippen LogP contribution is 2.46. The maximum atomic E-state index is 12.8. The van der Waals surface area contributed by atoms with Crippen molar-refractivity contribution in [2.24, 2.45) is 11.8 Å². The van der Waals surface area contributed by atoms with Crippen LogP contribution in [0.25, 0.3) is 0 Å². The summed E-state index contributed by atoms with van der Waals surface area (Å²) in [4.78, 5) is 31.0. The molecular formula is C21H31N3O3. The fourth-order valence-electron chi connectivity index (χ4n) is 4.48. The van der Waals surface area contributed by atoms with E-state index in [1.54, 1.807) is 19.0 Å². The number of benzene rings is 1. The molecule has 2 heterocycles. The average molecular weight is 373 g/mol. The van der Waals surface area contributed by atoms with E-state index in [2.05, 4.69) is 19.1 Å². The van der Waals surface area contributed by atoms with Crippen LogP contribution in [0.5, 0.6) is 0 Å². The number of likely N-dealkylation sites (tertiary alicyclic amines) is 2. The molecule has 148 valence electrons. The number of carbonyl (C=O) groups excluding carboxylic acids is 2. The predicted octanol–water partition coefficient (Wildman–Crippen LogP) is 2.53. The Morgan fingerprint density at radius 1 is 1.19 bits per heavy atom. The number of aryl methyl sites for hydroxylation is 1. The van der Waals surface area contributed by atoms with Gasteiger partial charge >= 0.3 is 6.03 Å². The zero-order valence-corrected chi connectivity index (χ0v) is 16.9. The number of amides is 3. The molecule has 0 radical (unpaired) electrons. The van der Waals surface area contributed by atoms with E-state index in [-0.39, 0.29) is 23.9 Å². The first-order chi connectivity index (χ1) is 12.9. The van der Waals surface area contributed by atoms with E-state index < -0.39 is 0 Å². The van der Waals surface area contributed by atoms with Crippen molar-refractivity contribution in [2.45, 2.75) is 26.3 Å². The van der Waals surface area contributed by atoms with Crippen molar-refractivity contribution in [2.75, 3.05) is 46.9 Å². The molecule has 0 unspecified atom stereocenters. The minimum absolute atomic E-state index is 0.0239. The third-order valence-corrected chi connectivity index (χ3v) is 5.82. The van der Waals surface area contributed by atoms with Gasteiger partial charge in [0.1, 0.15) is 0 Å². The van der Waals surface area contributed by atoms with Crippen LogP contribution in [-0.2, 0) is 9.53 Å². The van der Waals surface area contributed by atoms with Gasteiger partial charge in [-0.15, -0.1) is 0 Å². The number of hydrogen-bond acceptors (Lipinski definition) is 3. The van der Waals surface area contributed by atoms with Crippen molar-refractivity contribution in [3.8, 4) is 0 Å². The number of ether oxygens (including phenoxy) is 1. The highest BCUT2D eigenvalue weighted by molar-refractivity contribution is 5.77. The molecule has 0 N–H and O–H groups in total. The van der Waals surface area contributed by atoms with Crippen molar-refractivity contribution in [3.63, 3.8) is 0 Å². The molecule has 2 aliphatic heterocycles. The van der Waals surface area contributed by atoms with Gasteiger partial charge in [-0.25, -0.2) is 4.79 Å². The number of urea groups is 1. The van der Waals surface area contributed by atoms with Crippen LogP contribution in [0.1, 0.15) is 30.5 Å². The summed E-state index contributed by atoms with van der Waals surface area (Å²) in [6, 6.07) is 8.36. The van der Waals surface area contributed by atoms with Crippen molar-refractivity contribution in [1.29, 1.82) is 0 Å². The Bertz CT molecular complexity index is 691. The van der Waals surface area contributed by atoms with Crippen LogP contribution in [0.4, 0.5) is 4.79 Å². The van der Waals surface area contributed by atoms with Crippen molar-refractivity contribution in [1.82, 2.24) is 14.7 Å². The summed E-state index contributed by atoms with van der Waals surface area (Å²) in [6.07, 6.45) is 0.433. The lowest BCUT2D eigenvalue weighted by molar-refractivity contribution is -0.131. The smallest absolute Gasteiger partial charge is 0.320 e. The molecule has 1 aromatic carbocycles. The molecule has 6 nitrogen and oxygen atoms in total. The molecule has 27 heavy (non-hydrogen) atoms. The third-order valence-electron chi connectivity index (χ3n) is 5.82. The van der Waals surface area contributed by atoms with Gasteiger partial charge in [-0.1, -0.05) is 24.3 Å². The summed E-state index contributed by atoms with van der Waals surface area (Å²) in [5.74, 6) is 0.771. The normalized spacial score (nSPS) is 24.2. The molecule has 2 fully saturated rings. The van der Waals surface area contributed by atoms with E-state index in [0.29, 0.717) is 38.6 Å². The van der Waals surface area contributed by atoms with Crippen molar-refractivity contribution in [3.05, 3.63) is 35.4 Å². The SMILES string of the molecule is CCOCCC(=O)N1C[C@@H]2CN(C(=O)N(C)C)[C@@H](c3ccccc3C)[C@@H]2C1. The molecule has 3 amide bonds. The summed E-state index contributed by atoms with van der Waals surface area (Å²) >= 11 is 0. The Labute approximate surface area is 162 Å². The minimum atomic E-state index is 0.0239. The minimum Gasteiger partial charge on any atom is -0.381 e. The molecule has 3 atom stereocenters. The topological polar surface area (TPSA) is 53.1 Å². The van der Waals surface area contributed by atoms with Crippen LogP contribution in [0.2, 0.25) is 0 Å². The monoisotopic (exact) mass is 373 g/mol. The Balaban J connectivity index is 1.80. The molecule has 6 heteroatoms. The summed E-state index contributed by atoms with van der Waals surface area (Å²) < 4.78 is 5.33. The number of hydrogen-bond donors (Lipinski definition) is 0. The van der Waals surface area contributed by atoms with Crippen LogP contribution >= 0.6 is 0 Å². The first-order valence-electron chi connectivity index (χ1n) is 9.83. The summed E-state index contributed by atoms with van der Waals surface area (Å²) in [5, 5.41) is 0. The molecule has 0 saturated carbocycles. The van der Waals surface area contributed by atoms with Crippen LogP contribution in [-0.4, -0.2) is 73.6 Å². The number of fused-ring (bicyclic) bond motifs is 1. The second-order valence-corrected chi connectivity index (χ2v) is 7.80. The first kappa shape index (κ1) is 19.7. The zero-order valence-electron chi connectivity index (χ0n) is 16.9. The van der Waals surface area contributed by atoms with Gasteiger partial charge in [-0.05, 0) is 25.0 Å². The van der Waals surface area contributed by atoms with Crippen LogP contribution < -0.4 is 0 Å². The first-order valence-corrected chi connectivity index (χ1v) is 9.83. The highest BCUT2D eigenvalue weighted by Gasteiger charge is 2.50. The number of nitrogens with zero attached hydrogens (tertiary/aromatic N) is 3. The van der Waals surface area contributed by atoms with E-state index in [4.69, 9.17) is 4.74 Å². The van der Waals surface area contributed by atoms with Gasteiger partial charge in [0.2, 0.25) is 5.91 Å². The summed E-state index contributed by atoms with van der Waals surface area (Å²) in [7, 11) is 3.60. The highest BCUT2D eigenvalue weighted by atomic mass is 16.5. The van der Waals surface area contributed by atoms with E-state index in [1.165, 1.54) is 11.1 Å². The maximum Gasteiger partial charge on any atom is 0.320 e. The quantitative estimate of drug-likeness (QED) is 0.746. The third kappa shape index (κ3) is 3.95. The molecule has 1 aromatic rings. The maximum absolute atomic E-state index is 12.8. The van der Waals surface area contributed by atoms with E-state index in [0.717, 1.165) is 6.54 Å². The second-order valence-electron chi connectivity index (χ2n) is 7.80. The summed E-state index contributed by atoms with van der Waals surface area (Å²) in [6.45, 7) is 7.30. The Morgan fingerprint density at radius 3 is 2.59 bits per heavy atom. The van der Waals surface area contributed by atoms with E-state index in [1.807, 2.05) is 28.9 Å². The van der Waals surface area contributed by atoms with Gasteiger partial charge in [0.15, 0.2) is 0 Å². The van der Waals surface area contributed by atoms with E-state index in [9.17, 15) is 9.59 Å². The van der Waals surface area contributed by atoms with Gasteiger partial charge < -0.3 is 19.4 Å². The molecule has 2 aliphatic rings. The van der Waals surface area contributed by atoms with Crippen LogP contribution in [0.3, 0.4) is 0 Å². The molecule has 0 aromatic heterocycles. The fourth-order valence-corrected chi connectivity index (χ4v) is 4.48. The second kappa shape index (κ2) is 8.30. The lowest BCUT2D eigenvalue weighted by Gasteiger charge is -2.32. The van der Waals surface area contributed by atoms with Gasteiger partial charge in [0, 0.05) is 52.2 Å². The Kier molecular flexibility index (Phi) is 6.05. The van der Waals surface area contributed by atoms with Crippen molar-refractivity contribution >= 4 is 11.9 Å². The van der Waals surface area contributed by atoms with Gasteiger partial charge in [0.25, 0.3) is 0 Å². The van der Waals surface area contributed by atoms with Gasteiger partial charge in [-0.2, -0.15) is 0 Å². The molecule has 0 spiro atoms. The van der Waals surface area contributed by atoms with Crippen molar-refractivity contribution < 1.29 is 14.3 Å². The summed E-state index contributed by atoms with van der Waals surface area (Å²) in [5.41, 5.74) is 2.39. The zero-order chi connectivity index (χ0) is 19.6. The average Bonchev–Trinajstić information content (AvgIpc) is 3.19. The fraction of sp³-hybridized carbons (Fsp3) is 0.619.